The molecule has 0 spiro atoms. The van der Waals surface area contributed by atoms with Gasteiger partial charge in [0.25, 0.3) is 0 Å². The third-order valence-electron chi connectivity index (χ3n) is 2.53. The topological polar surface area (TPSA) is 43.1 Å². The van der Waals surface area contributed by atoms with Gasteiger partial charge in [-0.2, -0.15) is 0 Å². The number of carbonyl (C=O) groups excluding carboxylic acids is 1. The highest BCUT2D eigenvalue weighted by Crippen LogP contribution is 2.27. The van der Waals surface area contributed by atoms with E-state index >= 15 is 0 Å². The van der Waals surface area contributed by atoms with Gasteiger partial charge in [-0.15, -0.1) is 0 Å². The number of carbonyl (C=O) groups is 1. The van der Waals surface area contributed by atoms with E-state index in [0.29, 0.717) is 0 Å². The molecule has 2 rings (SSSR count). The molecular formula is C13H7BrClF2NO. The van der Waals surface area contributed by atoms with E-state index in [1.54, 1.807) is 0 Å². The first-order valence-corrected chi connectivity index (χ1v) is 6.32. The minimum absolute atomic E-state index is 0.0234. The van der Waals surface area contributed by atoms with Crippen LogP contribution < -0.4 is 5.73 Å². The molecule has 0 atom stereocenters. The molecule has 19 heavy (non-hydrogen) atoms. The van der Waals surface area contributed by atoms with Gasteiger partial charge < -0.3 is 5.73 Å². The monoisotopic (exact) mass is 345 g/mol. The molecule has 0 amide bonds. The van der Waals surface area contributed by atoms with Crippen molar-refractivity contribution < 1.29 is 13.6 Å². The number of nitrogen functional groups attached to an aromatic ring is 1. The molecule has 0 aromatic heterocycles. The summed E-state index contributed by atoms with van der Waals surface area (Å²) in [4.78, 5) is 12.1. The lowest BCUT2D eigenvalue weighted by Crippen LogP contribution is -2.07. The second-order valence-corrected chi connectivity index (χ2v) is 5.02. The molecule has 6 heteroatoms. The average Bonchev–Trinajstić information content (AvgIpc) is 2.36. The SMILES string of the molecule is Nc1cccc(C(=O)c2cc(F)c(Br)cc2F)c1Cl. The standard InChI is InChI=1S/C13H7BrClF2NO/c14-8-5-9(16)7(4-10(8)17)13(19)6-2-1-3-11(18)12(6)15/h1-5H,18H2. The molecule has 0 heterocycles. The zero-order valence-electron chi connectivity index (χ0n) is 9.38. The van der Waals surface area contributed by atoms with E-state index in [1.165, 1.54) is 18.2 Å². The fraction of sp³-hybridized carbons (Fsp3) is 0. The lowest BCUT2D eigenvalue weighted by atomic mass is 10.0. The summed E-state index contributed by atoms with van der Waals surface area (Å²) in [5, 5.41) is 0.0234. The number of anilines is 1. The van der Waals surface area contributed by atoms with E-state index < -0.39 is 23.0 Å². The number of hydrogen-bond donors (Lipinski definition) is 1. The van der Waals surface area contributed by atoms with Crippen molar-refractivity contribution in [1.82, 2.24) is 0 Å². The van der Waals surface area contributed by atoms with Gasteiger partial charge in [-0.1, -0.05) is 17.7 Å². The van der Waals surface area contributed by atoms with Crippen molar-refractivity contribution in [3.8, 4) is 0 Å². The van der Waals surface area contributed by atoms with Crippen LogP contribution in [-0.2, 0) is 0 Å². The molecule has 2 nitrogen and oxygen atoms in total. The summed E-state index contributed by atoms with van der Waals surface area (Å²) in [6.07, 6.45) is 0. The fourth-order valence-corrected chi connectivity index (χ4v) is 2.09. The predicted octanol–water partition coefficient (Wildman–Crippen LogP) is 4.19. The number of ketones is 1. The summed E-state index contributed by atoms with van der Waals surface area (Å²) in [5.74, 6) is -2.29. The molecule has 2 N–H and O–H groups in total. The molecule has 0 radical (unpaired) electrons. The second kappa shape index (κ2) is 5.27. The van der Waals surface area contributed by atoms with Crippen LogP contribution in [-0.4, -0.2) is 5.78 Å². The molecule has 0 aliphatic heterocycles. The lowest BCUT2D eigenvalue weighted by Gasteiger charge is -2.07. The van der Waals surface area contributed by atoms with Crippen molar-refractivity contribution in [1.29, 1.82) is 0 Å². The number of hydrogen-bond acceptors (Lipinski definition) is 2. The quantitative estimate of drug-likeness (QED) is 0.503. The zero-order chi connectivity index (χ0) is 14.2. The van der Waals surface area contributed by atoms with Crippen molar-refractivity contribution in [3.63, 3.8) is 0 Å². The molecule has 0 saturated carbocycles. The Morgan fingerprint density at radius 3 is 2.53 bits per heavy atom. The highest BCUT2D eigenvalue weighted by atomic mass is 79.9. The van der Waals surface area contributed by atoms with Crippen LogP contribution in [0, 0.1) is 11.6 Å². The number of halogens is 4. The molecule has 0 saturated heterocycles. The van der Waals surface area contributed by atoms with Crippen molar-refractivity contribution in [2.45, 2.75) is 0 Å². The predicted molar refractivity (Wildman–Crippen MR) is 73.4 cm³/mol. The van der Waals surface area contributed by atoms with Gasteiger partial charge in [-0.05, 0) is 40.2 Å². The summed E-state index contributed by atoms with van der Waals surface area (Å²) < 4.78 is 27.0. The Hall–Kier alpha value is -1.46. The lowest BCUT2D eigenvalue weighted by molar-refractivity contribution is 0.103. The van der Waals surface area contributed by atoms with Crippen LogP contribution in [0.25, 0.3) is 0 Å². The van der Waals surface area contributed by atoms with Gasteiger partial charge in [-0.25, -0.2) is 8.78 Å². The summed E-state index contributed by atoms with van der Waals surface area (Å²) >= 11 is 8.73. The maximum Gasteiger partial charge on any atom is 0.197 e. The van der Waals surface area contributed by atoms with Crippen molar-refractivity contribution in [2.24, 2.45) is 0 Å². The Bertz CT molecular complexity index is 676. The first-order valence-electron chi connectivity index (χ1n) is 5.15. The third kappa shape index (κ3) is 2.62. The molecule has 98 valence electrons. The first kappa shape index (κ1) is 14.0. The van der Waals surface area contributed by atoms with Crippen molar-refractivity contribution in [3.05, 3.63) is 62.6 Å². The maximum absolute atomic E-state index is 13.7. The van der Waals surface area contributed by atoms with Crippen LogP contribution in [0.1, 0.15) is 15.9 Å². The van der Waals surface area contributed by atoms with Crippen molar-refractivity contribution >= 4 is 39.0 Å². The van der Waals surface area contributed by atoms with Gasteiger partial charge >= 0.3 is 0 Å². The molecule has 2 aromatic rings. The van der Waals surface area contributed by atoms with E-state index in [4.69, 9.17) is 17.3 Å². The van der Waals surface area contributed by atoms with Crippen LogP contribution in [0.5, 0.6) is 0 Å². The summed E-state index contributed by atoms with van der Waals surface area (Å²) in [6, 6.07) is 6.14. The zero-order valence-corrected chi connectivity index (χ0v) is 11.7. The summed E-state index contributed by atoms with van der Waals surface area (Å²) in [6.45, 7) is 0. The first-order chi connectivity index (χ1) is 8.91. The highest BCUT2D eigenvalue weighted by molar-refractivity contribution is 9.10. The van der Waals surface area contributed by atoms with E-state index in [-0.39, 0.29) is 20.7 Å². The van der Waals surface area contributed by atoms with E-state index in [2.05, 4.69) is 15.9 Å². The Balaban J connectivity index is 2.56. The Kier molecular flexibility index (Phi) is 3.87. The largest absolute Gasteiger partial charge is 0.398 e. The molecule has 0 aliphatic rings. The van der Waals surface area contributed by atoms with Gasteiger partial charge in [-0.3, -0.25) is 4.79 Å². The van der Waals surface area contributed by atoms with Crippen LogP contribution >= 0.6 is 27.5 Å². The molecule has 0 aliphatic carbocycles. The second-order valence-electron chi connectivity index (χ2n) is 3.78. The van der Waals surface area contributed by atoms with Crippen LogP contribution in [0.2, 0.25) is 5.02 Å². The molecule has 2 aromatic carbocycles. The van der Waals surface area contributed by atoms with Crippen LogP contribution in [0.4, 0.5) is 14.5 Å². The Labute approximate surface area is 121 Å². The van der Waals surface area contributed by atoms with Crippen LogP contribution in [0.3, 0.4) is 0 Å². The van der Waals surface area contributed by atoms with Gasteiger partial charge in [0.1, 0.15) is 11.6 Å². The van der Waals surface area contributed by atoms with E-state index in [0.717, 1.165) is 12.1 Å². The van der Waals surface area contributed by atoms with Gasteiger partial charge in [0.15, 0.2) is 5.78 Å². The molecule has 0 bridgehead atoms. The molecule has 0 unspecified atom stereocenters. The smallest absolute Gasteiger partial charge is 0.197 e. The fourth-order valence-electron chi connectivity index (χ4n) is 1.57. The maximum atomic E-state index is 13.7. The van der Waals surface area contributed by atoms with E-state index in [1.807, 2.05) is 0 Å². The normalized spacial score (nSPS) is 10.5. The summed E-state index contributed by atoms with van der Waals surface area (Å²) in [5.41, 5.74) is 5.40. The van der Waals surface area contributed by atoms with E-state index in [9.17, 15) is 13.6 Å². The average molecular weight is 347 g/mol. The van der Waals surface area contributed by atoms with Crippen molar-refractivity contribution in [2.75, 3.05) is 5.73 Å². The van der Waals surface area contributed by atoms with Gasteiger partial charge in [0, 0.05) is 5.56 Å². The minimum Gasteiger partial charge on any atom is -0.398 e. The third-order valence-corrected chi connectivity index (χ3v) is 3.56. The minimum atomic E-state index is -0.836. The van der Waals surface area contributed by atoms with Gasteiger partial charge in [0.05, 0.1) is 20.7 Å². The Morgan fingerprint density at radius 2 is 1.84 bits per heavy atom. The van der Waals surface area contributed by atoms with Gasteiger partial charge in [0.2, 0.25) is 0 Å². The number of benzene rings is 2. The number of nitrogens with two attached hydrogens (primary N) is 1. The number of rotatable bonds is 2. The molecular weight excluding hydrogens is 340 g/mol. The molecule has 0 fully saturated rings. The Morgan fingerprint density at radius 1 is 1.16 bits per heavy atom. The summed E-state index contributed by atoms with van der Waals surface area (Å²) in [7, 11) is 0. The highest BCUT2D eigenvalue weighted by Gasteiger charge is 2.19. The van der Waals surface area contributed by atoms with Crippen LogP contribution in [0.15, 0.2) is 34.8 Å².